The van der Waals surface area contributed by atoms with Crippen LogP contribution in [0, 0.1) is 13.8 Å². The van der Waals surface area contributed by atoms with E-state index in [2.05, 4.69) is 221 Å². The van der Waals surface area contributed by atoms with Gasteiger partial charge in [0, 0.05) is 22.5 Å². The molecule has 0 heterocycles. The standard InChI is InChI=1S/C54H43N/c1-36-16-15-17-38(32-36)39-26-31-52(37(2)33-39)55(42-27-29-46-44-22-11-13-24-48(44)53(3,4)50(46)34-42)43-28-30-47-45-23-12-14-25-49(45)54(51(47)35-43,40-18-7-5-8-19-40)41-20-9-6-10-21-41/h5-35H,1-4H3. The molecule has 264 valence electrons. The van der Waals surface area contributed by atoms with Crippen molar-refractivity contribution in [3.63, 3.8) is 0 Å². The quantitative estimate of drug-likeness (QED) is 0.166. The van der Waals surface area contributed by atoms with Gasteiger partial charge in [0.05, 0.1) is 5.41 Å². The summed E-state index contributed by atoms with van der Waals surface area (Å²) in [6.45, 7) is 9.16. The molecule has 0 aliphatic heterocycles. The third kappa shape index (κ3) is 5.00. The van der Waals surface area contributed by atoms with Gasteiger partial charge >= 0.3 is 0 Å². The number of anilines is 3. The predicted molar refractivity (Wildman–Crippen MR) is 231 cm³/mol. The summed E-state index contributed by atoms with van der Waals surface area (Å²) < 4.78 is 0. The minimum atomic E-state index is -0.484. The van der Waals surface area contributed by atoms with Crippen LogP contribution in [0.1, 0.15) is 58.4 Å². The van der Waals surface area contributed by atoms with Gasteiger partial charge in [-0.25, -0.2) is 0 Å². The molecule has 55 heavy (non-hydrogen) atoms. The first-order chi connectivity index (χ1) is 26.9. The molecule has 0 unspecified atom stereocenters. The SMILES string of the molecule is Cc1cccc(-c2ccc(N(c3ccc4c(c3)C(C)(C)c3ccccc3-4)c3ccc4c(c3)C(c3ccccc3)(c3ccccc3)c3ccccc3-4)c(C)c2)c1. The topological polar surface area (TPSA) is 3.24 Å². The van der Waals surface area contributed by atoms with Gasteiger partial charge in [-0.2, -0.15) is 0 Å². The Morgan fingerprint density at radius 1 is 0.382 bits per heavy atom. The first kappa shape index (κ1) is 33.2. The van der Waals surface area contributed by atoms with Crippen molar-refractivity contribution in [2.75, 3.05) is 4.90 Å². The molecule has 2 aliphatic rings. The van der Waals surface area contributed by atoms with Crippen LogP contribution < -0.4 is 4.90 Å². The largest absolute Gasteiger partial charge is 0.310 e. The van der Waals surface area contributed by atoms with Crippen molar-refractivity contribution in [2.24, 2.45) is 0 Å². The molecule has 1 heteroatoms. The predicted octanol–water partition coefficient (Wildman–Crippen LogP) is 14.1. The summed E-state index contributed by atoms with van der Waals surface area (Å²) in [5.74, 6) is 0. The Bertz CT molecular complexity index is 2720. The number of fused-ring (bicyclic) bond motifs is 6. The van der Waals surface area contributed by atoms with Gasteiger partial charge in [0.15, 0.2) is 0 Å². The lowest BCUT2D eigenvalue weighted by Crippen LogP contribution is -2.28. The fourth-order valence-electron chi connectivity index (χ4n) is 9.74. The zero-order valence-corrected chi connectivity index (χ0v) is 31.8. The number of hydrogen-bond donors (Lipinski definition) is 0. The summed E-state index contributed by atoms with van der Waals surface area (Å²) in [5.41, 5.74) is 21.0. The van der Waals surface area contributed by atoms with Crippen LogP contribution in [0.5, 0.6) is 0 Å². The monoisotopic (exact) mass is 705 g/mol. The maximum atomic E-state index is 2.50. The first-order valence-electron chi connectivity index (χ1n) is 19.4. The molecular formula is C54H43N. The second-order valence-electron chi connectivity index (χ2n) is 15.9. The molecule has 0 saturated carbocycles. The maximum Gasteiger partial charge on any atom is 0.0714 e. The average molecular weight is 706 g/mol. The second-order valence-corrected chi connectivity index (χ2v) is 15.9. The van der Waals surface area contributed by atoms with Gasteiger partial charge in [0.2, 0.25) is 0 Å². The molecule has 1 nitrogen and oxygen atoms in total. The van der Waals surface area contributed by atoms with Crippen LogP contribution >= 0.6 is 0 Å². The van der Waals surface area contributed by atoms with Gasteiger partial charge in [-0.15, -0.1) is 0 Å². The highest BCUT2D eigenvalue weighted by Crippen LogP contribution is 2.58. The highest BCUT2D eigenvalue weighted by atomic mass is 15.1. The molecular weight excluding hydrogens is 663 g/mol. The van der Waals surface area contributed by atoms with E-state index in [0.717, 1.165) is 11.4 Å². The van der Waals surface area contributed by atoms with Crippen LogP contribution in [0.3, 0.4) is 0 Å². The average Bonchev–Trinajstić information content (AvgIpc) is 3.64. The van der Waals surface area contributed by atoms with Gasteiger partial charge in [-0.05, 0) is 123 Å². The van der Waals surface area contributed by atoms with Crippen LogP contribution in [0.15, 0.2) is 188 Å². The minimum absolute atomic E-state index is 0.118. The van der Waals surface area contributed by atoms with Crippen LogP contribution in [0.25, 0.3) is 33.4 Å². The van der Waals surface area contributed by atoms with Crippen molar-refractivity contribution >= 4 is 17.1 Å². The zero-order valence-electron chi connectivity index (χ0n) is 31.8. The van der Waals surface area contributed by atoms with E-state index in [1.807, 2.05) is 0 Å². The van der Waals surface area contributed by atoms with E-state index < -0.39 is 5.41 Å². The van der Waals surface area contributed by atoms with Gasteiger partial charge in [0.1, 0.15) is 0 Å². The van der Waals surface area contributed by atoms with Gasteiger partial charge in [-0.3, -0.25) is 0 Å². The number of nitrogens with zero attached hydrogens (tertiary/aromatic N) is 1. The third-order valence-electron chi connectivity index (χ3n) is 12.3. The Kier molecular flexibility index (Phi) is 7.58. The Morgan fingerprint density at radius 2 is 0.909 bits per heavy atom. The van der Waals surface area contributed by atoms with E-state index >= 15 is 0 Å². The Hall–Kier alpha value is -6.44. The van der Waals surface area contributed by atoms with Gasteiger partial charge in [0.25, 0.3) is 0 Å². The highest BCUT2D eigenvalue weighted by Gasteiger charge is 2.46. The Morgan fingerprint density at radius 3 is 1.55 bits per heavy atom. The molecule has 0 bridgehead atoms. The van der Waals surface area contributed by atoms with Crippen molar-refractivity contribution in [1.29, 1.82) is 0 Å². The van der Waals surface area contributed by atoms with E-state index in [1.54, 1.807) is 0 Å². The lowest BCUT2D eigenvalue weighted by molar-refractivity contribution is 0.660. The number of benzene rings is 8. The fourth-order valence-corrected chi connectivity index (χ4v) is 9.74. The van der Waals surface area contributed by atoms with Crippen molar-refractivity contribution in [3.8, 4) is 33.4 Å². The molecule has 0 spiro atoms. The molecule has 0 N–H and O–H groups in total. The third-order valence-corrected chi connectivity index (χ3v) is 12.3. The molecule has 0 amide bonds. The van der Waals surface area contributed by atoms with E-state index in [9.17, 15) is 0 Å². The number of rotatable bonds is 6. The summed E-state index contributed by atoms with van der Waals surface area (Å²) in [5, 5.41) is 0. The number of aryl methyl sites for hydroxylation is 2. The van der Waals surface area contributed by atoms with E-state index in [0.29, 0.717) is 0 Å². The van der Waals surface area contributed by atoms with Crippen LogP contribution in [-0.4, -0.2) is 0 Å². The fraction of sp³-hybridized carbons (Fsp3) is 0.111. The summed E-state index contributed by atoms with van der Waals surface area (Å²) in [6.07, 6.45) is 0. The minimum Gasteiger partial charge on any atom is -0.310 e. The molecule has 8 aromatic carbocycles. The van der Waals surface area contributed by atoms with Crippen molar-refractivity contribution in [2.45, 2.75) is 38.5 Å². The normalized spacial score (nSPS) is 14.1. The van der Waals surface area contributed by atoms with E-state index in [4.69, 9.17) is 0 Å². The van der Waals surface area contributed by atoms with Crippen molar-refractivity contribution in [3.05, 3.63) is 233 Å². The molecule has 0 aromatic heterocycles. The second kappa shape index (κ2) is 12.6. The first-order valence-corrected chi connectivity index (χ1v) is 19.4. The van der Waals surface area contributed by atoms with Crippen LogP contribution in [-0.2, 0) is 10.8 Å². The van der Waals surface area contributed by atoms with E-state index in [1.165, 1.54) is 83.6 Å². The molecule has 0 fully saturated rings. The summed E-state index contributed by atoms with van der Waals surface area (Å²) in [7, 11) is 0. The van der Waals surface area contributed by atoms with Gasteiger partial charge in [-0.1, -0.05) is 171 Å². The summed E-state index contributed by atoms with van der Waals surface area (Å²) >= 11 is 0. The summed E-state index contributed by atoms with van der Waals surface area (Å²) in [4.78, 5) is 2.50. The van der Waals surface area contributed by atoms with Gasteiger partial charge < -0.3 is 4.90 Å². The molecule has 8 aromatic rings. The van der Waals surface area contributed by atoms with Crippen LogP contribution in [0.2, 0.25) is 0 Å². The van der Waals surface area contributed by atoms with Crippen molar-refractivity contribution in [1.82, 2.24) is 0 Å². The number of hydrogen-bond acceptors (Lipinski definition) is 1. The van der Waals surface area contributed by atoms with Crippen LogP contribution in [0.4, 0.5) is 17.1 Å². The molecule has 10 rings (SSSR count). The Labute approximate surface area is 325 Å². The molecule has 0 saturated heterocycles. The molecule has 2 aliphatic carbocycles. The molecule has 0 atom stereocenters. The maximum absolute atomic E-state index is 2.50. The smallest absolute Gasteiger partial charge is 0.0714 e. The summed E-state index contributed by atoms with van der Waals surface area (Å²) in [6, 6.07) is 70.2. The highest BCUT2D eigenvalue weighted by molar-refractivity contribution is 5.91. The zero-order chi connectivity index (χ0) is 37.3. The van der Waals surface area contributed by atoms with Crippen molar-refractivity contribution < 1.29 is 0 Å². The Balaban J connectivity index is 1.23. The van der Waals surface area contributed by atoms with E-state index in [-0.39, 0.29) is 5.41 Å². The lowest BCUT2D eigenvalue weighted by atomic mass is 9.67. The lowest BCUT2D eigenvalue weighted by Gasteiger charge is -2.35. The molecule has 0 radical (unpaired) electrons.